The zero-order valence-corrected chi connectivity index (χ0v) is 14.9. The third-order valence-corrected chi connectivity index (χ3v) is 3.77. The highest BCUT2D eigenvalue weighted by atomic mass is 16.5. The minimum absolute atomic E-state index is 0.0504. The van der Waals surface area contributed by atoms with Gasteiger partial charge in [0.15, 0.2) is 6.04 Å². The van der Waals surface area contributed by atoms with E-state index in [1.54, 1.807) is 25.9 Å². The van der Waals surface area contributed by atoms with E-state index in [9.17, 15) is 9.59 Å². The fourth-order valence-electron chi connectivity index (χ4n) is 2.37. The van der Waals surface area contributed by atoms with Crippen LogP contribution in [0.15, 0.2) is 54.6 Å². The van der Waals surface area contributed by atoms with E-state index in [1.807, 2.05) is 54.6 Å². The van der Waals surface area contributed by atoms with Crippen molar-refractivity contribution in [3.05, 3.63) is 65.7 Å². The average Bonchev–Trinajstić information content (AvgIpc) is 2.61. The fourth-order valence-corrected chi connectivity index (χ4v) is 2.37. The standard InChI is InChI=1S/C20H24N2O3/c1-4-25-20(24)19(16-8-6-5-7-9-16)21-17-12-10-15(11-13-17)14-18(23)22(2)3/h5-13,19,21H,4,14H2,1-3H3/t19-/m0/s1. The van der Waals surface area contributed by atoms with Crippen LogP contribution in [0, 0.1) is 0 Å². The van der Waals surface area contributed by atoms with Crippen molar-refractivity contribution in [2.24, 2.45) is 0 Å². The highest BCUT2D eigenvalue weighted by Crippen LogP contribution is 2.21. The third kappa shape index (κ3) is 5.35. The molecule has 25 heavy (non-hydrogen) atoms. The van der Waals surface area contributed by atoms with Crippen molar-refractivity contribution >= 4 is 17.6 Å². The van der Waals surface area contributed by atoms with E-state index in [1.165, 1.54) is 0 Å². The lowest BCUT2D eigenvalue weighted by Crippen LogP contribution is -2.24. The van der Waals surface area contributed by atoms with E-state index in [-0.39, 0.29) is 11.9 Å². The number of hydrogen-bond donors (Lipinski definition) is 1. The Bertz CT molecular complexity index is 697. The Morgan fingerprint density at radius 3 is 2.24 bits per heavy atom. The van der Waals surface area contributed by atoms with Crippen molar-refractivity contribution in [1.29, 1.82) is 0 Å². The van der Waals surface area contributed by atoms with Gasteiger partial charge in [0.05, 0.1) is 13.0 Å². The van der Waals surface area contributed by atoms with E-state index in [0.717, 1.165) is 16.8 Å². The van der Waals surface area contributed by atoms with Gasteiger partial charge in [0.2, 0.25) is 5.91 Å². The van der Waals surface area contributed by atoms with E-state index in [4.69, 9.17) is 4.74 Å². The number of nitrogens with zero attached hydrogens (tertiary/aromatic N) is 1. The first-order valence-electron chi connectivity index (χ1n) is 8.28. The molecular weight excluding hydrogens is 316 g/mol. The number of hydrogen-bond acceptors (Lipinski definition) is 4. The van der Waals surface area contributed by atoms with Crippen LogP contribution in [-0.2, 0) is 20.7 Å². The molecule has 0 aromatic heterocycles. The van der Waals surface area contributed by atoms with Crippen LogP contribution in [0.2, 0.25) is 0 Å². The molecule has 0 unspecified atom stereocenters. The van der Waals surface area contributed by atoms with Crippen LogP contribution < -0.4 is 5.32 Å². The summed E-state index contributed by atoms with van der Waals surface area (Å²) in [6.45, 7) is 2.12. The number of amides is 1. The number of nitrogens with one attached hydrogen (secondary N) is 1. The van der Waals surface area contributed by atoms with Crippen molar-refractivity contribution < 1.29 is 14.3 Å². The van der Waals surface area contributed by atoms with Crippen LogP contribution in [0.3, 0.4) is 0 Å². The lowest BCUT2D eigenvalue weighted by Gasteiger charge is -2.19. The van der Waals surface area contributed by atoms with E-state index in [0.29, 0.717) is 13.0 Å². The summed E-state index contributed by atoms with van der Waals surface area (Å²) in [6, 6.07) is 16.4. The highest BCUT2D eigenvalue weighted by molar-refractivity contribution is 5.81. The van der Waals surface area contributed by atoms with Gasteiger partial charge in [-0.15, -0.1) is 0 Å². The van der Waals surface area contributed by atoms with Gasteiger partial charge in [0.1, 0.15) is 0 Å². The molecule has 0 saturated carbocycles. The van der Waals surface area contributed by atoms with Crippen molar-refractivity contribution in [2.45, 2.75) is 19.4 Å². The third-order valence-electron chi connectivity index (χ3n) is 3.77. The Hall–Kier alpha value is -2.82. The number of likely N-dealkylation sites (N-methyl/N-ethyl adjacent to an activating group) is 1. The Kier molecular flexibility index (Phi) is 6.57. The van der Waals surface area contributed by atoms with Crippen LogP contribution in [0.5, 0.6) is 0 Å². The molecule has 2 aromatic rings. The summed E-state index contributed by atoms with van der Waals surface area (Å²) in [5.74, 6) is -0.269. The van der Waals surface area contributed by atoms with Gasteiger partial charge < -0.3 is 15.0 Å². The molecule has 0 fully saturated rings. The van der Waals surface area contributed by atoms with Crippen LogP contribution in [-0.4, -0.2) is 37.5 Å². The Morgan fingerprint density at radius 2 is 1.68 bits per heavy atom. The smallest absolute Gasteiger partial charge is 0.333 e. The van der Waals surface area contributed by atoms with E-state index >= 15 is 0 Å². The molecule has 5 nitrogen and oxygen atoms in total. The predicted molar refractivity (Wildman–Crippen MR) is 98.3 cm³/mol. The highest BCUT2D eigenvalue weighted by Gasteiger charge is 2.21. The monoisotopic (exact) mass is 340 g/mol. The summed E-state index contributed by atoms with van der Waals surface area (Å²) < 4.78 is 5.18. The van der Waals surface area contributed by atoms with Gasteiger partial charge in [-0.1, -0.05) is 42.5 Å². The molecule has 0 heterocycles. The maximum absolute atomic E-state index is 12.3. The molecule has 0 aliphatic rings. The number of carbonyl (C=O) groups excluding carboxylic acids is 2. The molecule has 0 saturated heterocycles. The van der Waals surface area contributed by atoms with Crippen molar-refractivity contribution in [2.75, 3.05) is 26.0 Å². The lowest BCUT2D eigenvalue weighted by molar-refractivity contribution is -0.144. The summed E-state index contributed by atoms with van der Waals surface area (Å²) in [5, 5.41) is 3.21. The first-order chi connectivity index (χ1) is 12.0. The Balaban J connectivity index is 2.13. The average molecular weight is 340 g/mol. The first kappa shape index (κ1) is 18.5. The summed E-state index contributed by atoms with van der Waals surface area (Å²) >= 11 is 0. The Labute approximate surface area is 148 Å². The van der Waals surface area contributed by atoms with Crippen LogP contribution >= 0.6 is 0 Å². The summed E-state index contributed by atoms with van der Waals surface area (Å²) in [6.07, 6.45) is 0.354. The fraction of sp³-hybridized carbons (Fsp3) is 0.300. The molecule has 0 bridgehead atoms. The molecule has 0 radical (unpaired) electrons. The van der Waals surface area contributed by atoms with Crippen molar-refractivity contribution in [1.82, 2.24) is 4.90 Å². The second-order valence-electron chi connectivity index (χ2n) is 5.90. The molecule has 0 spiro atoms. The van der Waals surface area contributed by atoms with Gasteiger partial charge in [0, 0.05) is 19.8 Å². The summed E-state index contributed by atoms with van der Waals surface area (Å²) in [5.41, 5.74) is 2.56. The Morgan fingerprint density at radius 1 is 1.04 bits per heavy atom. The minimum Gasteiger partial charge on any atom is -0.464 e. The number of anilines is 1. The van der Waals surface area contributed by atoms with Crippen molar-refractivity contribution in [3.63, 3.8) is 0 Å². The number of ether oxygens (including phenoxy) is 1. The minimum atomic E-state index is -0.574. The zero-order valence-electron chi connectivity index (χ0n) is 14.9. The van der Waals surface area contributed by atoms with Gasteiger partial charge in [-0.3, -0.25) is 4.79 Å². The second-order valence-corrected chi connectivity index (χ2v) is 5.90. The molecule has 1 atom stereocenters. The molecule has 132 valence electrons. The number of rotatable bonds is 7. The molecule has 0 aliphatic heterocycles. The molecule has 5 heteroatoms. The molecular formula is C20H24N2O3. The van der Waals surface area contributed by atoms with Gasteiger partial charge in [-0.2, -0.15) is 0 Å². The predicted octanol–water partition coefficient (Wildman–Crippen LogP) is 3.03. The maximum atomic E-state index is 12.3. The maximum Gasteiger partial charge on any atom is 0.333 e. The van der Waals surface area contributed by atoms with E-state index in [2.05, 4.69) is 5.32 Å². The zero-order chi connectivity index (χ0) is 18.2. The number of benzene rings is 2. The van der Waals surface area contributed by atoms with Gasteiger partial charge in [-0.05, 0) is 30.2 Å². The largest absolute Gasteiger partial charge is 0.464 e. The lowest BCUT2D eigenvalue weighted by atomic mass is 10.1. The van der Waals surface area contributed by atoms with Crippen molar-refractivity contribution in [3.8, 4) is 0 Å². The van der Waals surface area contributed by atoms with Crippen LogP contribution in [0.25, 0.3) is 0 Å². The van der Waals surface area contributed by atoms with Crippen LogP contribution in [0.4, 0.5) is 5.69 Å². The molecule has 1 N–H and O–H groups in total. The number of carbonyl (C=O) groups is 2. The quantitative estimate of drug-likeness (QED) is 0.787. The van der Waals surface area contributed by atoms with Gasteiger partial charge >= 0.3 is 5.97 Å². The first-order valence-corrected chi connectivity index (χ1v) is 8.28. The van der Waals surface area contributed by atoms with Gasteiger partial charge in [0.25, 0.3) is 0 Å². The molecule has 0 aliphatic carbocycles. The molecule has 2 rings (SSSR count). The van der Waals surface area contributed by atoms with E-state index < -0.39 is 6.04 Å². The summed E-state index contributed by atoms with van der Waals surface area (Å²) in [4.78, 5) is 25.6. The second kappa shape index (κ2) is 8.87. The normalized spacial score (nSPS) is 11.5. The van der Waals surface area contributed by atoms with Gasteiger partial charge in [-0.25, -0.2) is 4.79 Å². The molecule has 1 amide bonds. The summed E-state index contributed by atoms with van der Waals surface area (Å²) in [7, 11) is 3.48. The topological polar surface area (TPSA) is 58.6 Å². The number of esters is 1. The molecule has 2 aromatic carbocycles. The SMILES string of the molecule is CCOC(=O)[C@@H](Nc1ccc(CC(=O)N(C)C)cc1)c1ccccc1. The van der Waals surface area contributed by atoms with Crippen LogP contribution in [0.1, 0.15) is 24.1 Å².